The van der Waals surface area contributed by atoms with E-state index in [1.54, 1.807) is 6.07 Å². The molecule has 0 aromatic carbocycles. The Kier molecular flexibility index (Phi) is 5.46. The number of hydrogen-bond donors (Lipinski definition) is 1. The molecule has 1 aromatic rings. The SMILES string of the molecule is CCCCCCNC(=O)c1cccnc1F. The van der Waals surface area contributed by atoms with E-state index in [0.29, 0.717) is 6.54 Å². The van der Waals surface area contributed by atoms with Crippen LogP contribution in [0, 0.1) is 5.95 Å². The summed E-state index contributed by atoms with van der Waals surface area (Å²) in [6.45, 7) is 2.72. The van der Waals surface area contributed by atoms with Crippen molar-refractivity contribution in [1.29, 1.82) is 0 Å². The van der Waals surface area contributed by atoms with Crippen LogP contribution in [0.15, 0.2) is 18.3 Å². The molecule has 0 saturated heterocycles. The van der Waals surface area contributed by atoms with Crippen LogP contribution >= 0.6 is 0 Å². The number of rotatable bonds is 6. The van der Waals surface area contributed by atoms with Gasteiger partial charge in [-0.2, -0.15) is 4.39 Å². The van der Waals surface area contributed by atoms with Crippen molar-refractivity contribution in [3.63, 3.8) is 0 Å². The third kappa shape index (κ3) is 3.96. The standard InChI is InChI=1S/C12H17FN2O/c1-2-3-4-5-8-15-12(16)10-7-6-9-14-11(10)13/h6-7,9H,2-5,8H2,1H3,(H,15,16). The summed E-state index contributed by atoms with van der Waals surface area (Å²) in [7, 11) is 0. The lowest BCUT2D eigenvalue weighted by Crippen LogP contribution is -2.25. The quantitative estimate of drug-likeness (QED) is 0.596. The summed E-state index contributed by atoms with van der Waals surface area (Å²) in [5, 5.41) is 2.68. The van der Waals surface area contributed by atoms with E-state index >= 15 is 0 Å². The molecule has 88 valence electrons. The first kappa shape index (κ1) is 12.6. The molecule has 1 heterocycles. The highest BCUT2D eigenvalue weighted by molar-refractivity contribution is 5.94. The van der Waals surface area contributed by atoms with Gasteiger partial charge in [-0.1, -0.05) is 26.2 Å². The molecule has 1 aromatic heterocycles. The van der Waals surface area contributed by atoms with Crippen LogP contribution in [0.2, 0.25) is 0 Å². The lowest BCUT2D eigenvalue weighted by molar-refractivity contribution is 0.0948. The topological polar surface area (TPSA) is 42.0 Å². The van der Waals surface area contributed by atoms with Crippen molar-refractivity contribution in [1.82, 2.24) is 10.3 Å². The molecule has 0 saturated carbocycles. The van der Waals surface area contributed by atoms with Crippen LogP contribution in [0.1, 0.15) is 43.0 Å². The van der Waals surface area contributed by atoms with Gasteiger partial charge in [0.15, 0.2) is 0 Å². The fraction of sp³-hybridized carbons (Fsp3) is 0.500. The summed E-state index contributed by atoms with van der Waals surface area (Å²) in [4.78, 5) is 14.9. The van der Waals surface area contributed by atoms with E-state index in [1.807, 2.05) is 0 Å². The number of unbranched alkanes of at least 4 members (excludes halogenated alkanes) is 3. The number of nitrogens with one attached hydrogen (secondary N) is 1. The van der Waals surface area contributed by atoms with Crippen LogP contribution in [-0.4, -0.2) is 17.4 Å². The van der Waals surface area contributed by atoms with Crippen molar-refractivity contribution in [2.24, 2.45) is 0 Å². The Morgan fingerprint density at radius 3 is 2.94 bits per heavy atom. The first-order valence-electron chi connectivity index (χ1n) is 5.64. The summed E-state index contributed by atoms with van der Waals surface area (Å²) in [5.41, 5.74) is 0.0120. The van der Waals surface area contributed by atoms with Gasteiger partial charge >= 0.3 is 0 Å². The highest BCUT2D eigenvalue weighted by Gasteiger charge is 2.10. The third-order valence-corrected chi connectivity index (χ3v) is 2.32. The van der Waals surface area contributed by atoms with Gasteiger partial charge in [-0.05, 0) is 18.6 Å². The van der Waals surface area contributed by atoms with Crippen LogP contribution in [0.4, 0.5) is 4.39 Å². The molecule has 1 amide bonds. The van der Waals surface area contributed by atoms with Crippen molar-refractivity contribution < 1.29 is 9.18 Å². The van der Waals surface area contributed by atoms with Gasteiger partial charge in [-0.15, -0.1) is 0 Å². The molecule has 0 aliphatic rings. The molecule has 0 aliphatic carbocycles. The molecule has 0 fully saturated rings. The minimum Gasteiger partial charge on any atom is -0.352 e. The van der Waals surface area contributed by atoms with Gasteiger partial charge < -0.3 is 5.32 Å². The van der Waals surface area contributed by atoms with E-state index in [2.05, 4.69) is 17.2 Å². The average molecular weight is 224 g/mol. The van der Waals surface area contributed by atoms with Crippen molar-refractivity contribution in [2.75, 3.05) is 6.54 Å². The summed E-state index contributed by atoms with van der Waals surface area (Å²) >= 11 is 0. The lowest BCUT2D eigenvalue weighted by Gasteiger charge is -2.04. The Labute approximate surface area is 95.1 Å². The second-order valence-corrected chi connectivity index (χ2v) is 3.66. The average Bonchev–Trinajstić information content (AvgIpc) is 2.29. The molecular weight excluding hydrogens is 207 g/mol. The van der Waals surface area contributed by atoms with Gasteiger partial charge in [0.1, 0.15) is 0 Å². The Morgan fingerprint density at radius 2 is 2.25 bits per heavy atom. The van der Waals surface area contributed by atoms with Crippen molar-refractivity contribution in [2.45, 2.75) is 32.6 Å². The molecular formula is C12H17FN2O. The molecule has 0 bridgehead atoms. The zero-order valence-corrected chi connectivity index (χ0v) is 9.50. The summed E-state index contributed by atoms with van der Waals surface area (Å²) in [5.74, 6) is -1.10. The van der Waals surface area contributed by atoms with Gasteiger partial charge in [0.2, 0.25) is 5.95 Å². The molecule has 0 atom stereocenters. The van der Waals surface area contributed by atoms with E-state index in [4.69, 9.17) is 0 Å². The lowest BCUT2D eigenvalue weighted by atomic mass is 10.2. The summed E-state index contributed by atoms with van der Waals surface area (Å²) < 4.78 is 13.1. The molecule has 0 unspecified atom stereocenters. The van der Waals surface area contributed by atoms with E-state index in [9.17, 15) is 9.18 Å². The summed E-state index contributed by atoms with van der Waals surface area (Å²) in [6, 6.07) is 2.98. The highest BCUT2D eigenvalue weighted by Crippen LogP contribution is 2.03. The number of halogens is 1. The van der Waals surface area contributed by atoms with E-state index in [-0.39, 0.29) is 11.5 Å². The number of hydrogen-bond acceptors (Lipinski definition) is 2. The fourth-order valence-electron chi connectivity index (χ4n) is 1.40. The normalized spacial score (nSPS) is 10.1. The van der Waals surface area contributed by atoms with E-state index in [0.717, 1.165) is 25.7 Å². The van der Waals surface area contributed by atoms with Gasteiger partial charge in [-0.25, -0.2) is 4.98 Å². The van der Waals surface area contributed by atoms with Crippen LogP contribution in [0.5, 0.6) is 0 Å². The van der Waals surface area contributed by atoms with Crippen LogP contribution in [-0.2, 0) is 0 Å². The van der Waals surface area contributed by atoms with E-state index in [1.165, 1.54) is 12.3 Å². The van der Waals surface area contributed by atoms with Crippen LogP contribution in [0.3, 0.4) is 0 Å². The van der Waals surface area contributed by atoms with Gasteiger partial charge in [0, 0.05) is 12.7 Å². The Balaban J connectivity index is 2.33. The Morgan fingerprint density at radius 1 is 1.44 bits per heavy atom. The molecule has 0 aliphatic heterocycles. The predicted octanol–water partition coefficient (Wildman–Crippen LogP) is 2.53. The largest absolute Gasteiger partial charge is 0.352 e. The minimum atomic E-state index is -0.714. The zero-order valence-electron chi connectivity index (χ0n) is 9.50. The number of carbonyl (C=O) groups is 1. The van der Waals surface area contributed by atoms with Gasteiger partial charge in [-0.3, -0.25) is 4.79 Å². The molecule has 0 spiro atoms. The number of amides is 1. The smallest absolute Gasteiger partial charge is 0.255 e. The monoisotopic (exact) mass is 224 g/mol. The maximum atomic E-state index is 13.1. The molecule has 1 rings (SSSR count). The molecule has 1 N–H and O–H groups in total. The molecule has 0 radical (unpaired) electrons. The van der Waals surface area contributed by atoms with Gasteiger partial charge in [0.05, 0.1) is 5.56 Å². The molecule has 3 nitrogen and oxygen atoms in total. The first-order valence-corrected chi connectivity index (χ1v) is 5.64. The minimum absolute atomic E-state index is 0.0120. The number of aromatic nitrogens is 1. The predicted molar refractivity (Wildman–Crippen MR) is 60.7 cm³/mol. The molecule has 4 heteroatoms. The van der Waals surface area contributed by atoms with Crippen molar-refractivity contribution in [3.05, 3.63) is 29.8 Å². The maximum Gasteiger partial charge on any atom is 0.255 e. The Hall–Kier alpha value is -1.45. The second-order valence-electron chi connectivity index (χ2n) is 3.66. The highest BCUT2D eigenvalue weighted by atomic mass is 19.1. The first-order chi connectivity index (χ1) is 7.75. The molecule has 16 heavy (non-hydrogen) atoms. The summed E-state index contributed by atoms with van der Waals surface area (Å²) in [6.07, 6.45) is 5.67. The van der Waals surface area contributed by atoms with Crippen molar-refractivity contribution in [3.8, 4) is 0 Å². The maximum absolute atomic E-state index is 13.1. The third-order valence-electron chi connectivity index (χ3n) is 2.32. The number of pyridine rings is 1. The van der Waals surface area contributed by atoms with E-state index < -0.39 is 5.95 Å². The van der Waals surface area contributed by atoms with Crippen LogP contribution in [0.25, 0.3) is 0 Å². The van der Waals surface area contributed by atoms with Crippen LogP contribution < -0.4 is 5.32 Å². The zero-order chi connectivity index (χ0) is 11.8. The second kappa shape index (κ2) is 6.93. The number of carbonyl (C=O) groups excluding carboxylic acids is 1. The number of nitrogens with zero attached hydrogens (tertiary/aromatic N) is 1. The Bertz CT molecular complexity index is 342. The van der Waals surface area contributed by atoms with Gasteiger partial charge in [0.25, 0.3) is 5.91 Å². The fourth-order valence-corrected chi connectivity index (χ4v) is 1.40. The van der Waals surface area contributed by atoms with Crippen molar-refractivity contribution >= 4 is 5.91 Å².